The van der Waals surface area contributed by atoms with E-state index in [0.717, 1.165) is 24.3 Å². The van der Waals surface area contributed by atoms with Crippen LogP contribution in [0.2, 0.25) is 0 Å². The van der Waals surface area contributed by atoms with Gasteiger partial charge in [0.1, 0.15) is 0 Å². The minimum atomic E-state index is -0.0889. The Hall–Kier alpha value is -1.88. The maximum Gasteiger partial charge on any atom is 0.251 e. The number of hydrogen-bond acceptors (Lipinski definition) is 3. The van der Waals surface area contributed by atoms with Gasteiger partial charge in [0.05, 0.1) is 0 Å². The van der Waals surface area contributed by atoms with Crippen LogP contribution in [0.3, 0.4) is 0 Å². The number of rotatable bonds is 5. The Balaban J connectivity index is 1.98. The molecular formula is C15H21N3O2. The van der Waals surface area contributed by atoms with Crippen molar-refractivity contribution < 1.29 is 9.59 Å². The molecule has 5 nitrogen and oxygen atoms in total. The van der Waals surface area contributed by atoms with E-state index in [9.17, 15) is 9.59 Å². The van der Waals surface area contributed by atoms with Gasteiger partial charge in [0.25, 0.3) is 5.91 Å². The second-order valence-corrected chi connectivity index (χ2v) is 5.17. The summed E-state index contributed by atoms with van der Waals surface area (Å²) in [7, 11) is 0. The summed E-state index contributed by atoms with van der Waals surface area (Å²) in [5.41, 5.74) is 2.29. The SMILES string of the molecule is CCNC(=O)c1ccc(NC(=O)CC2CNC2)c(C)c1. The lowest BCUT2D eigenvalue weighted by atomic mass is 9.99. The van der Waals surface area contributed by atoms with Crippen molar-refractivity contribution in [1.82, 2.24) is 10.6 Å². The third-order valence-electron chi connectivity index (χ3n) is 3.44. The van der Waals surface area contributed by atoms with Crippen molar-refractivity contribution in [2.24, 2.45) is 5.92 Å². The summed E-state index contributed by atoms with van der Waals surface area (Å²) in [5, 5.41) is 8.82. The van der Waals surface area contributed by atoms with Crippen LogP contribution in [0.4, 0.5) is 5.69 Å². The highest BCUT2D eigenvalue weighted by atomic mass is 16.2. The van der Waals surface area contributed by atoms with Crippen LogP contribution < -0.4 is 16.0 Å². The molecule has 1 aromatic carbocycles. The number of benzene rings is 1. The summed E-state index contributed by atoms with van der Waals surface area (Å²) >= 11 is 0. The molecule has 1 aliphatic heterocycles. The highest BCUT2D eigenvalue weighted by Gasteiger charge is 2.20. The zero-order chi connectivity index (χ0) is 14.5. The fourth-order valence-electron chi connectivity index (χ4n) is 2.16. The molecule has 2 amide bonds. The number of aryl methyl sites for hydroxylation is 1. The first-order chi connectivity index (χ1) is 9.60. The third-order valence-corrected chi connectivity index (χ3v) is 3.44. The molecule has 0 unspecified atom stereocenters. The van der Waals surface area contributed by atoms with Crippen molar-refractivity contribution in [3.8, 4) is 0 Å². The number of nitrogens with one attached hydrogen (secondary N) is 3. The van der Waals surface area contributed by atoms with Crippen LogP contribution in [-0.4, -0.2) is 31.4 Å². The van der Waals surface area contributed by atoms with E-state index in [1.807, 2.05) is 13.8 Å². The van der Waals surface area contributed by atoms with E-state index in [4.69, 9.17) is 0 Å². The molecule has 1 saturated heterocycles. The van der Waals surface area contributed by atoms with Gasteiger partial charge in [0.2, 0.25) is 5.91 Å². The molecule has 0 bridgehead atoms. The molecule has 0 atom stereocenters. The number of carbonyl (C=O) groups excluding carboxylic acids is 2. The zero-order valence-corrected chi connectivity index (χ0v) is 12.0. The molecule has 1 heterocycles. The first kappa shape index (κ1) is 14.5. The Kier molecular flexibility index (Phi) is 4.74. The van der Waals surface area contributed by atoms with E-state index in [0.29, 0.717) is 24.4 Å². The molecular weight excluding hydrogens is 254 g/mol. The van der Waals surface area contributed by atoms with Crippen molar-refractivity contribution in [1.29, 1.82) is 0 Å². The lowest BCUT2D eigenvalue weighted by molar-refractivity contribution is -0.117. The molecule has 0 spiro atoms. The van der Waals surface area contributed by atoms with E-state index in [2.05, 4.69) is 16.0 Å². The van der Waals surface area contributed by atoms with Crippen LogP contribution in [-0.2, 0) is 4.79 Å². The van der Waals surface area contributed by atoms with Crippen LogP contribution in [0.25, 0.3) is 0 Å². The lowest BCUT2D eigenvalue weighted by Gasteiger charge is -2.26. The number of hydrogen-bond donors (Lipinski definition) is 3. The summed E-state index contributed by atoms with van der Waals surface area (Å²) in [6.45, 7) is 6.22. The van der Waals surface area contributed by atoms with Gasteiger partial charge in [0, 0.05) is 24.2 Å². The number of carbonyl (C=O) groups is 2. The maximum atomic E-state index is 11.9. The number of anilines is 1. The predicted molar refractivity (Wildman–Crippen MR) is 78.8 cm³/mol. The van der Waals surface area contributed by atoms with Crippen molar-refractivity contribution in [2.75, 3.05) is 25.0 Å². The lowest BCUT2D eigenvalue weighted by Crippen LogP contribution is -2.43. The molecule has 1 fully saturated rings. The van der Waals surface area contributed by atoms with Gasteiger partial charge in [-0.2, -0.15) is 0 Å². The smallest absolute Gasteiger partial charge is 0.251 e. The summed E-state index contributed by atoms with van der Waals surface area (Å²) < 4.78 is 0. The van der Waals surface area contributed by atoms with Gasteiger partial charge < -0.3 is 16.0 Å². The van der Waals surface area contributed by atoms with Gasteiger partial charge >= 0.3 is 0 Å². The zero-order valence-electron chi connectivity index (χ0n) is 12.0. The average molecular weight is 275 g/mol. The standard InChI is InChI=1S/C15H21N3O2/c1-3-17-15(20)12-4-5-13(10(2)6-12)18-14(19)7-11-8-16-9-11/h4-6,11,16H,3,7-9H2,1-2H3,(H,17,20)(H,18,19). The molecule has 0 radical (unpaired) electrons. The topological polar surface area (TPSA) is 70.2 Å². The highest BCUT2D eigenvalue weighted by molar-refractivity contribution is 5.96. The molecule has 2 rings (SSSR count). The van der Waals surface area contributed by atoms with Gasteiger partial charge in [-0.15, -0.1) is 0 Å². The normalized spacial score (nSPS) is 14.5. The molecule has 0 aliphatic carbocycles. The molecule has 0 saturated carbocycles. The van der Waals surface area contributed by atoms with E-state index in [1.165, 1.54) is 0 Å². The Labute approximate surface area is 119 Å². The first-order valence-electron chi connectivity index (χ1n) is 6.99. The second kappa shape index (κ2) is 6.52. The Morgan fingerprint density at radius 1 is 1.35 bits per heavy atom. The van der Waals surface area contributed by atoms with Gasteiger partial charge in [0.15, 0.2) is 0 Å². The van der Waals surface area contributed by atoms with Gasteiger partial charge in [-0.25, -0.2) is 0 Å². The van der Waals surface area contributed by atoms with E-state index in [1.54, 1.807) is 18.2 Å². The third kappa shape index (κ3) is 3.57. The minimum absolute atomic E-state index is 0.0327. The summed E-state index contributed by atoms with van der Waals surface area (Å²) in [4.78, 5) is 23.6. The van der Waals surface area contributed by atoms with E-state index < -0.39 is 0 Å². The van der Waals surface area contributed by atoms with Crippen LogP contribution >= 0.6 is 0 Å². The number of amides is 2. The second-order valence-electron chi connectivity index (χ2n) is 5.17. The monoisotopic (exact) mass is 275 g/mol. The van der Waals surface area contributed by atoms with Crippen LogP contribution in [0.15, 0.2) is 18.2 Å². The van der Waals surface area contributed by atoms with E-state index >= 15 is 0 Å². The molecule has 0 aromatic heterocycles. The summed E-state index contributed by atoms with van der Waals surface area (Å²) in [5.74, 6) is 0.393. The molecule has 20 heavy (non-hydrogen) atoms. The van der Waals surface area contributed by atoms with Crippen molar-refractivity contribution >= 4 is 17.5 Å². The fraction of sp³-hybridized carbons (Fsp3) is 0.467. The van der Waals surface area contributed by atoms with Crippen molar-refractivity contribution in [3.63, 3.8) is 0 Å². The minimum Gasteiger partial charge on any atom is -0.352 e. The van der Waals surface area contributed by atoms with Crippen LogP contribution in [0.5, 0.6) is 0 Å². The Bertz CT molecular complexity index is 510. The molecule has 1 aliphatic rings. The van der Waals surface area contributed by atoms with Gasteiger partial charge in [-0.1, -0.05) is 0 Å². The van der Waals surface area contributed by atoms with Crippen LogP contribution in [0.1, 0.15) is 29.3 Å². The average Bonchev–Trinajstić information content (AvgIpc) is 2.36. The highest BCUT2D eigenvalue weighted by Crippen LogP contribution is 2.18. The van der Waals surface area contributed by atoms with Gasteiger partial charge in [-0.3, -0.25) is 9.59 Å². The maximum absolute atomic E-state index is 11.9. The van der Waals surface area contributed by atoms with Gasteiger partial charge in [-0.05, 0) is 56.6 Å². The summed E-state index contributed by atoms with van der Waals surface area (Å²) in [6, 6.07) is 5.32. The van der Waals surface area contributed by atoms with Crippen molar-refractivity contribution in [2.45, 2.75) is 20.3 Å². The quantitative estimate of drug-likeness (QED) is 0.758. The Morgan fingerprint density at radius 3 is 2.65 bits per heavy atom. The largest absolute Gasteiger partial charge is 0.352 e. The Morgan fingerprint density at radius 2 is 2.10 bits per heavy atom. The molecule has 5 heteroatoms. The molecule has 3 N–H and O–H groups in total. The first-order valence-corrected chi connectivity index (χ1v) is 6.99. The van der Waals surface area contributed by atoms with E-state index in [-0.39, 0.29) is 11.8 Å². The predicted octanol–water partition coefficient (Wildman–Crippen LogP) is 1.29. The van der Waals surface area contributed by atoms with Crippen LogP contribution in [0, 0.1) is 12.8 Å². The summed E-state index contributed by atoms with van der Waals surface area (Å²) in [6.07, 6.45) is 0.546. The fourth-order valence-corrected chi connectivity index (χ4v) is 2.16. The molecule has 1 aromatic rings. The van der Waals surface area contributed by atoms with Crippen molar-refractivity contribution in [3.05, 3.63) is 29.3 Å². The molecule has 108 valence electrons.